The van der Waals surface area contributed by atoms with Crippen LogP contribution in [0.4, 0.5) is 11.4 Å². The quantitative estimate of drug-likeness (QED) is 0.0401. The smallest absolute Gasteiger partial charge is 0.386 e. The third-order valence-corrected chi connectivity index (χ3v) is 12.2. The average molecular weight is 943 g/mol. The van der Waals surface area contributed by atoms with E-state index in [1.165, 1.54) is 48.5 Å². The van der Waals surface area contributed by atoms with E-state index in [2.05, 4.69) is 0 Å². The first-order valence-corrected chi connectivity index (χ1v) is 23.4. The van der Waals surface area contributed by atoms with E-state index in [-0.39, 0.29) is 56.8 Å². The van der Waals surface area contributed by atoms with Gasteiger partial charge in [0.1, 0.15) is 59.6 Å². The number of fused-ring (bicyclic) bond motifs is 1. The van der Waals surface area contributed by atoms with E-state index >= 15 is 0 Å². The van der Waals surface area contributed by atoms with Crippen molar-refractivity contribution in [1.82, 2.24) is 0 Å². The van der Waals surface area contributed by atoms with Crippen LogP contribution in [0.5, 0.6) is 34.5 Å². The fourth-order valence-corrected chi connectivity index (χ4v) is 9.01. The van der Waals surface area contributed by atoms with Crippen molar-refractivity contribution in [1.29, 1.82) is 0 Å². The molecule has 0 N–H and O–H groups in total. The van der Waals surface area contributed by atoms with E-state index in [1.54, 1.807) is 109 Å². The Hall–Kier alpha value is -8.70. The van der Waals surface area contributed by atoms with Crippen LogP contribution in [-0.4, -0.2) is 37.6 Å². The molecule has 8 rings (SSSR count). The van der Waals surface area contributed by atoms with Gasteiger partial charge in [-0.15, -0.1) is 0 Å². The van der Waals surface area contributed by atoms with E-state index in [9.17, 15) is 28.3 Å². The van der Waals surface area contributed by atoms with E-state index in [0.29, 0.717) is 47.6 Å². The van der Waals surface area contributed by atoms with E-state index in [0.717, 1.165) is 10.8 Å². The van der Waals surface area contributed by atoms with Crippen LogP contribution >= 0.6 is 15.6 Å². The normalized spacial score (nSPS) is 11.5. The van der Waals surface area contributed by atoms with Gasteiger partial charge in [0.15, 0.2) is 0 Å². The van der Waals surface area contributed by atoms with Crippen molar-refractivity contribution in [3.05, 3.63) is 215 Å². The SMILES string of the molecule is O=Cc1cccc(OP(=O)(Oc2cccc(C=O)c2)Oc2cccc(C=Nc3cccc4c(N=Cc5cccc(OP(=O)(Oc6cccc(C=O)c6)Oc6cccc(C=O)c6)c5)cccc34)c2)c1. The standard InChI is InChI=1S/C52H36N2O12P2/c55-33-39-11-3-17-45(27-39)63-67(59,64-46-18-4-12-40(28-46)34-56)61-43-15-1-9-37(25-43)31-53-51-23-7-22-50-49(51)21-8-24-52(50)54-32-38-10-2-16-44(26-38)62-68(60,65-47-19-5-13-41(29-47)35-57)66-48-20-6-14-42(30-48)36-58/h1-36H. The van der Waals surface area contributed by atoms with Gasteiger partial charge in [0.05, 0.1) is 11.4 Å². The number of hydrogen-bond acceptors (Lipinski definition) is 14. The second-order valence-electron chi connectivity index (χ2n) is 14.5. The minimum atomic E-state index is -4.49. The van der Waals surface area contributed by atoms with E-state index in [4.69, 9.17) is 37.1 Å². The summed E-state index contributed by atoms with van der Waals surface area (Å²) in [4.78, 5) is 55.3. The van der Waals surface area contributed by atoms with Crippen LogP contribution in [0.3, 0.4) is 0 Å². The molecule has 8 aromatic rings. The molecule has 0 heterocycles. The largest absolute Gasteiger partial charge is 0.647 e. The lowest BCUT2D eigenvalue weighted by Crippen LogP contribution is -2.08. The molecule has 0 unspecified atom stereocenters. The molecule has 0 saturated heterocycles. The molecule has 336 valence electrons. The van der Waals surface area contributed by atoms with Gasteiger partial charge in [-0.25, -0.2) is 0 Å². The molecule has 0 atom stereocenters. The van der Waals surface area contributed by atoms with Crippen LogP contribution in [0.2, 0.25) is 0 Å². The number of phosphoric acid groups is 2. The molecule has 0 bridgehead atoms. The molecule has 0 spiro atoms. The molecule has 8 aromatic carbocycles. The number of aldehydes is 4. The molecule has 14 nitrogen and oxygen atoms in total. The zero-order chi connectivity index (χ0) is 47.4. The van der Waals surface area contributed by atoms with Crippen LogP contribution in [0.15, 0.2) is 192 Å². The van der Waals surface area contributed by atoms with Gasteiger partial charge in [-0.1, -0.05) is 97.1 Å². The topological polar surface area (TPSA) is 183 Å². The lowest BCUT2D eigenvalue weighted by Gasteiger charge is -2.20. The summed E-state index contributed by atoms with van der Waals surface area (Å²) >= 11 is 0. The lowest BCUT2D eigenvalue weighted by atomic mass is 10.1. The number of carbonyl (C=O) groups is 4. The van der Waals surface area contributed by atoms with Crippen LogP contribution < -0.4 is 27.1 Å². The van der Waals surface area contributed by atoms with E-state index in [1.807, 2.05) is 36.4 Å². The van der Waals surface area contributed by atoms with Crippen LogP contribution in [0.25, 0.3) is 10.8 Å². The summed E-state index contributed by atoms with van der Waals surface area (Å²) in [6, 6.07) is 48.4. The Labute approximate surface area is 389 Å². The molecule has 0 aliphatic carbocycles. The molecule has 0 aromatic heterocycles. The van der Waals surface area contributed by atoms with Gasteiger partial charge in [-0.05, 0) is 96.1 Å². The fourth-order valence-electron chi connectivity index (χ4n) is 6.56. The number of rotatable bonds is 20. The summed E-state index contributed by atoms with van der Waals surface area (Å²) in [6.45, 7) is 0. The summed E-state index contributed by atoms with van der Waals surface area (Å²) in [5.41, 5.74) is 3.53. The van der Waals surface area contributed by atoms with Gasteiger partial charge >= 0.3 is 15.6 Å². The van der Waals surface area contributed by atoms with Crippen molar-refractivity contribution in [2.75, 3.05) is 0 Å². The highest BCUT2D eigenvalue weighted by Crippen LogP contribution is 2.51. The summed E-state index contributed by atoms with van der Waals surface area (Å²) in [5, 5.41) is 1.58. The first-order chi connectivity index (χ1) is 33.1. The first-order valence-electron chi connectivity index (χ1n) is 20.5. The predicted octanol–water partition coefficient (Wildman–Crippen LogP) is 12.9. The maximum absolute atomic E-state index is 14.2. The van der Waals surface area contributed by atoms with Crippen molar-refractivity contribution in [2.45, 2.75) is 0 Å². The Kier molecular flexibility index (Phi) is 14.2. The minimum Gasteiger partial charge on any atom is -0.386 e. The molecule has 0 fully saturated rings. The molecule has 0 aliphatic heterocycles. The zero-order valence-electron chi connectivity index (χ0n) is 35.5. The monoisotopic (exact) mass is 942 g/mol. The van der Waals surface area contributed by atoms with Crippen LogP contribution in [0, 0.1) is 0 Å². The maximum Gasteiger partial charge on any atom is 0.647 e. The number of nitrogens with zero attached hydrogens (tertiary/aromatic N) is 2. The molecule has 16 heteroatoms. The first kappa shape index (κ1) is 45.9. The Morgan fingerprint density at radius 3 is 0.809 bits per heavy atom. The summed E-state index contributed by atoms with van der Waals surface area (Å²) < 4.78 is 63.3. The highest BCUT2D eigenvalue weighted by molar-refractivity contribution is 7.50. The third kappa shape index (κ3) is 11.9. The molecule has 0 amide bonds. The molecular formula is C52H36N2O12P2. The minimum absolute atomic E-state index is 0.0585. The highest BCUT2D eigenvalue weighted by Gasteiger charge is 2.35. The lowest BCUT2D eigenvalue weighted by molar-refractivity contribution is 0.111. The van der Waals surface area contributed by atoms with Gasteiger partial charge in [0.2, 0.25) is 0 Å². The zero-order valence-corrected chi connectivity index (χ0v) is 37.3. The average Bonchev–Trinajstić information content (AvgIpc) is 3.35. The number of aliphatic imine (C=N–C) groups is 2. The van der Waals surface area contributed by atoms with Crippen LogP contribution in [-0.2, 0) is 9.13 Å². The van der Waals surface area contributed by atoms with Crippen molar-refractivity contribution in [3.8, 4) is 34.5 Å². The summed E-state index contributed by atoms with van der Waals surface area (Å²) in [5.74, 6) is 0.477. The van der Waals surface area contributed by atoms with Crippen molar-refractivity contribution >= 4 is 75.4 Å². The third-order valence-electron chi connectivity index (χ3n) is 9.58. The van der Waals surface area contributed by atoms with Crippen molar-refractivity contribution in [2.24, 2.45) is 9.98 Å². The van der Waals surface area contributed by atoms with Crippen LogP contribution in [0.1, 0.15) is 52.6 Å². The number of hydrogen-bond donors (Lipinski definition) is 0. The Morgan fingerprint density at radius 2 is 0.544 bits per heavy atom. The fraction of sp³-hybridized carbons (Fsp3) is 0. The molecule has 68 heavy (non-hydrogen) atoms. The number of phosphoric ester groups is 2. The van der Waals surface area contributed by atoms with Gasteiger partial charge in [-0.3, -0.25) is 29.2 Å². The molecule has 0 aliphatic rings. The van der Waals surface area contributed by atoms with Gasteiger partial charge < -0.3 is 27.1 Å². The molecule has 0 radical (unpaired) electrons. The second-order valence-corrected chi connectivity index (χ2v) is 17.4. The number of benzene rings is 8. The van der Waals surface area contributed by atoms with E-state index < -0.39 is 15.6 Å². The predicted molar refractivity (Wildman–Crippen MR) is 258 cm³/mol. The Balaban J connectivity index is 1.01. The van der Waals surface area contributed by atoms with Gasteiger partial charge in [-0.2, -0.15) is 9.13 Å². The van der Waals surface area contributed by atoms with Crippen molar-refractivity contribution < 1.29 is 55.5 Å². The highest BCUT2D eigenvalue weighted by atomic mass is 31.2. The number of carbonyl (C=O) groups excluding carboxylic acids is 4. The summed E-state index contributed by atoms with van der Waals surface area (Å²) in [6.07, 6.45) is 5.70. The Bertz CT molecular complexity index is 3000. The molecular weight excluding hydrogens is 907 g/mol. The van der Waals surface area contributed by atoms with Gasteiger partial charge in [0.25, 0.3) is 0 Å². The van der Waals surface area contributed by atoms with Crippen molar-refractivity contribution in [3.63, 3.8) is 0 Å². The van der Waals surface area contributed by atoms with Gasteiger partial charge in [0, 0.05) is 45.5 Å². The Morgan fingerprint density at radius 1 is 0.309 bits per heavy atom. The molecule has 0 saturated carbocycles. The summed E-state index contributed by atoms with van der Waals surface area (Å²) in [7, 11) is -8.99. The second kappa shape index (κ2) is 21.1. The maximum atomic E-state index is 14.2.